The van der Waals surface area contributed by atoms with Crippen molar-refractivity contribution >= 4 is 38.6 Å². The predicted molar refractivity (Wildman–Crippen MR) is 195 cm³/mol. The summed E-state index contributed by atoms with van der Waals surface area (Å²) in [6.07, 6.45) is 5.36. The van der Waals surface area contributed by atoms with Crippen molar-refractivity contribution in [1.82, 2.24) is 39.2 Å². The number of fused-ring (bicyclic) bond motifs is 4. The lowest BCUT2D eigenvalue weighted by molar-refractivity contribution is -0.118. The van der Waals surface area contributed by atoms with E-state index < -0.39 is 17.7 Å². The second-order valence-corrected chi connectivity index (χ2v) is 12.9. The number of carbonyl (C=O) groups is 1. The summed E-state index contributed by atoms with van der Waals surface area (Å²) in [5.74, 6) is 0.596. The number of aromatic nitrogens is 8. The van der Waals surface area contributed by atoms with E-state index in [0.29, 0.717) is 49.9 Å². The van der Waals surface area contributed by atoms with Gasteiger partial charge in [0.2, 0.25) is 11.8 Å². The highest BCUT2D eigenvalue weighted by atomic mass is 19.1. The molecule has 8 aromatic rings. The number of aromatic amines is 2. The van der Waals surface area contributed by atoms with Crippen LogP contribution in [0.5, 0.6) is 34.8 Å². The molecule has 54 heavy (non-hydrogen) atoms. The lowest BCUT2D eigenvalue weighted by Crippen LogP contribution is -2.12. The van der Waals surface area contributed by atoms with Crippen LogP contribution < -0.4 is 18.9 Å². The van der Waals surface area contributed by atoms with Gasteiger partial charge in [0.1, 0.15) is 48.4 Å². The maximum Gasteiger partial charge on any atom is 0.247 e. The molecule has 0 bridgehead atoms. The van der Waals surface area contributed by atoms with E-state index in [0.717, 1.165) is 17.0 Å². The van der Waals surface area contributed by atoms with Gasteiger partial charge in [-0.1, -0.05) is 0 Å². The Morgan fingerprint density at radius 1 is 0.759 bits per heavy atom. The summed E-state index contributed by atoms with van der Waals surface area (Å²) in [7, 11) is 0. The first-order valence-electron chi connectivity index (χ1n) is 16.9. The number of hydrogen-bond donors (Lipinski definition) is 3. The van der Waals surface area contributed by atoms with Crippen molar-refractivity contribution in [2.24, 2.45) is 0 Å². The predicted octanol–water partition coefficient (Wildman–Crippen LogP) is 7.25. The van der Waals surface area contributed by atoms with Crippen molar-refractivity contribution in [3.05, 3.63) is 95.6 Å². The van der Waals surface area contributed by atoms with Crippen molar-refractivity contribution in [3.8, 4) is 34.8 Å². The zero-order valence-electron chi connectivity index (χ0n) is 30.2. The lowest BCUT2D eigenvalue weighted by atomic mass is 10.2. The van der Waals surface area contributed by atoms with Crippen molar-refractivity contribution in [2.45, 2.75) is 47.6 Å². The fourth-order valence-corrected chi connectivity index (χ4v) is 5.98. The second kappa shape index (κ2) is 14.5. The van der Waals surface area contributed by atoms with Gasteiger partial charge in [-0.05, 0) is 77.9 Å². The van der Waals surface area contributed by atoms with Gasteiger partial charge < -0.3 is 34.0 Å². The van der Waals surface area contributed by atoms with Gasteiger partial charge in [0.15, 0.2) is 28.9 Å². The Labute approximate surface area is 306 Å². The zero-order valence-corrected chi connectivity index (χ0v) is 30.2. The number of halogens is 2. The number of ether oxygens (including phenoxy) is 4. The number of nitrogens with one attached hydrogen (secondary N) is 2. The van der Waals surface area contributed by atoms with Crippen LogP contribution >= 0.6 is 0 Å². The molecule has 3 N–H and O–H groups in total. The number of ketones is 1. The molecule has 278 valence electrons. The van der Waals surface area contributed by atoms with E-state index in [9.17, 15) is 18.7 Å². The number of aryl methyl sites for hydroxylation is 4. The highest BCUT2D eigenvalue weighted by Crippen LogP contribution is 2.36. The van der Waals surface area contributed by atoms with Crippen molar-refractivity contribution in [2.75, 3.05) is 13.2 Å². The lowest BCUT2D eigenvalue weighted by Gasteiger charge is -2.09. The maximum absolute atomic E-state index is 14.8. The molecule has 8 rings (SSSR count). The van der Waals surface area contributed by atoms with Crippen LogP contribution in [0.4, 0.5) is 8.78 Å². The van der Waals surface area contributed by atoms with Crippen molar-refractivity contribution in [1.29, 1.82) is 0 Å². The van der Waals surface area contributed by atoms with Gasteiger partial charge in [-0.2, -0.15) is 20.2 Å². The number of aliphatic hydroxyl groups excluding tert-OH is 1. The van der Waals surface area contributed by atoms with Gasteiger partial charge in [-0.25, -0.2) is 17.8 Å². The number of nitrogens with zero attached hydrogens (tertiary/aromatic N) is 6. The van der Waals surface area contributed by atoms with Gasteiger partial charge in [0, 0.05) is 44.3 Å². The molecule has 16 heteroatoms. The van der Waals surface area contributed by atoms with E-state index in [-0.39, 0.29) is 42.3 Å². The monoisotopic (exact) mass is 738 g/mol. The first-order valence-corrected chi connectivity index (χ1v) is 16.9. The standard InChI is InChI=1S/C19H19FN4O3.C19H17FN4O3/c2*1-10-6-13-14(23-10)4-5-15(17(13)20)27-19-18-12(3)16(26-8-11(2)25)7-24(18)22-9-21-19/h4-7,9,11,23,25H,8H2,1-3H3;4-7,9,23H,8H2,1-3H3/t11-;/m1./s1. The largest absolute Gasteiger partial charge is 0.489 e. The fraction of sp³-hybridized carbons (Fsp3) is 0.237. The number of carbonyl (C=O) groups excluding carboxylic acids is 1. The highest BCUT2D eigenvalue weighted by molar-refractivity contribution is 5.84. The first kappa shape index (κ1) is 35.8. The number of hydrogen-bond acceptors (Lipinski definition) is 10. The molecule has 0 saturated heterocycles. The maximum atomic E-state index is 14.8. The van der Waals surface area contributed by atoms with Gasteiger partial charge in [-0.15, -0.1) is 0 Å². The molecular weight excluding hydrogens is 702 g/mol. The Bertz CT molecular complexity index is 2680. The van der Waals surface area contributed by atoms with Crippen LogP contribution in [0.1, 0.15) is 36.4 Å². The first-order chi connectivity index (χ1) is 25.9. The molecule has 0 aliphatic rings. The van der Waals surface area contributed by atoms with Crippen LogP contribution in [0, 0.1) is 39.3 Å². The van der Waals surface area contributed by atoms with Gasteiger partial charge >= 0.3 is 0 Å². The number of rotatable bonds is 10. The molecule has 0 unspecified atom stereocenters. The van der Waals surface area contributed by atoms with Crippen molar-refractivity contribution < 1.29 is 37.6 Å². The summed E-state index contributed by atoms with van der Waals surface area (Å²) < 4.78 is 55.4. The molecule has 6 aromatic heterocycles. The second-order valence-electron chi connectivity index (χ2n) is 12.9. The van der Waals surface area contributed by atoms with Crippen LogP contribution in [0.2, 0.25) is 0 Å². The number of Topliss-reactive ketones (excluding diaryl/α,β-unsaturated/α-hetero) is 1. The van der Waals surface area contributed by atoms with Gasteiger partial charge in [-0.3, -0.25) is 4.79 Å². The summed E-state index contributed by atoms with van der Waals surface area (Å²) in [4.78, 5) is 25.7. The molecule has 14 nitrogen and oxygen atoms in total. The molecule has 6 heterocycles. The van der Waals surface area contributed by atoms with E-state index >= 15 is 0 Å². The van der Waals surface area contributed by atoms with Crippen LogP contribution in [0.15, 0.2) is 61.4 Å². The Balaban J connectivity index is 0.000000167. The molecule has 0 spiro atoms. The quantitative estimate of drug-likeness (QED) is 0.130. The van der Waals surface area contributed by atoms with E-state index in [4.69, 9.17) is 18.9 Å². The summed E-state index contributed by atoms with van der Waals surface area (Å²) >= 11 is 0. The summed E-state index contributed by atoms with van der Waals surface area (Å²) in [5.41, 5.74) is 5.69. The van der Waals surface area contributed by atoms with E-state index in [1.807, 2.05) is 20.8 Å². The topological polar surface area (TPSA) is 166 Å². The van der Waals surface area contributed by atoms with Gasteiger partial charge in [0.05, 0.1) is 18.5 Å². The number of aliphatic hydroxyl groups is 1. The summed E-state index contributed by atoms with van der Waals surface area (Å²) in [6.45, 7) is 10.6. The molecule has 0 amide bonds. The zero-order chi connectivity index (χ0) is 38.3. The average molecular weight is 739 g/mol. The Hall–Kier alpha value is -6.55. The smallest absolute Gasteiger partial charge is 0.247 e. The third-order valence-electron chi connectivity index (χ3n) is 8.49. The summed E-state index contributed by atoms with van der Waals surface area (Å²) in [5, 5.41) is 18.6. The molecule has 0 saturated carbocycles. The summed E-state index contributed by atoms with van der Waals surface area (Å²) in [6, 6.07) is 10.1. The minimum atomic E-state index is -0.597. The molecule has 0 aliphatic heterocycles. The molecule has 0 fully saturated rings. The SMILES string of the molecule is CC(=O)COc1cn2ncnc(Oc3ccc4[nH]c(C)cc4c3F)c2c1C.Cc1cc2c(F)c(Oc3ncnn4cc(OC[C@@H](C)O)c(C)c34)ccc2[nH]1. The normalized spacial score (nSPS) is 11.9. The highest BCUT2D eigenvalue weighted by Gasteiger charge is 2.20. The van der Waals surface area contributed by atoms with E-state index in [1.54, 1.807) is 67.2 Å². The average Bonchev–Trinajstić information content (AvgIpc) is 3.89. The molecule has 1 atom stereocenters. The van der Waals surface area contributed by atoms with E-state index in [2.05, 4.69) is 30.1 Å². The molecular formula is C38H36F2N8O6. The minimum Gasteiger partial charge on any atom is -0.489 e. The number of benzene rings is 2. The van der Waals surface area contributed by atoms with Gasteiger partial charge in [0.25, 0.3) is 0 Å². The third-order valence-corrected chi connectivity index (χ3v) is 8.49. The Morgan fingerprint density at radius 2 is 1.22 bits per heavy atom. The van der Waals surface area contributed by atoms with Crippen LogP contribution in [0.25, 0.3) is 32.8 Å². The van der Waals surface area contributed by atoms with Crippen LogP contribution in [-0.4, -0.2) is 69.4 Å². The molecule has 0 aliphatic carbocycles. The Kier molecular flexibility index (Phi) is 9.60. The molecule has 2 aromatic carbocycles. The molecule has 0 radical (unpaired) electrons. The third kappa shape index (κ3) is 6.98. The van der Waals surface area contributed by atoms with Crippen molar-refractivity contribution in [3.63, 3.8) is 0 Å². The van der Waals surface area contributed by atoms with Crippen LogP contribution in [0.3, 0.4) is 0 Å². The van der Waals surface area contributed by atoms with Crippen LogP contribution in [-0.2, 0) is 4.79 Å². The number of H-pyrrole nitrogens is 2. The minimum absolute atomic E-state index is 0.0422. The van der Waals surface area contributed by atoms with E-state index in [1.165, 1.54) is 24.1 Å². The fourth-order valence-electron chi connectivity index (χ4n) is 5.98. The Morgan fingerprint density at radius 3 is 1.67 bits per heavy atom.